The summed E-state index contributed by atoms with van der Waals surface area (Å²) >= 11 is 1.62. The van der Waals surface area contributed by atoms with Gasteiger partial charge in [-0.05, 0) is 25.5 Å². The topological polar surface area (TPSA) is 50.2 Å². The number of rotatable bonds is 5. The van der Waals surface area contributed by atoms with Crippen molar-refractivity contribution in [2.75, 3.05) is 5.75 Å². The summed E-state index contributed by atoms with van der Waals surface area (Å²) in [5, 5.41) is 8.74. The second kappa shape index (κ2) is 5.56. The quantitative estimate of drug-likeness (QED) is 0.616. The van der Waals surface area contributed by atoms with E-state index in [0.717, 1.165) is 22.6 Å². The lowest BCUT2D eigenvalue weighted by molar-refractivity contribution is 0.0690. The van der Waals surface area contributed by atoms with Gasteiger partial charge in [0.2, 0.25) is 0 Å². The number of hydrogen-bond acceptors (Lipinski definition) is 3. The number of pyridine rings is 1. The van der Waals surface area contributed by atoms with Gasteiger partial charge in [-0.25, -0.2) is 9.78 Å². The molecular formula is C11H13NO2S. The highest BCUT2D eigenvalue weighted by Crippen LogP contribution is 2.20. The molecule has 0 aliphatic carbocycles. The molecule has 3 nitrogen and oxygen atoms in total. The maximum atomic E-state index is 10.6. The molecule has 0 radical (unpaired) electrons. The molecule has 0 saturated heterocycles. The number of thioether (sulfide) groups is 1. The van der Waals surface area contributed by atoms with E-state index < -0.39 is 5.97 Å². The third-order valence-electron chi connectivity index (χ3n) is 1.75. The van der Waals surface area contributed by atoms with Crippen molar-refractivity contribution in [3.8, 4) is 0 Å². The van der Waals surface area contributed by atoms with Gasteiger partial charge < -0.3 is 5.11 Å². The Morgan fingerprint density at radius 3 is 3.00 bits per heavy atom. The fourth-order valence-electron chi connectivity index (χ4n) is 0.961. The molecule has 0 aromatic carbocycles. The van der Waals surface area contributed by atoms with Crippen LogP contribution in [0.25, 0.3) is 0 Å². The van der Waals surface area contributed by atoms with Crippen LogP contribution in [0, 0.1) is 0 Å². The first kappa shape index (κ1) is 11.8. The summed E-state index contributed by atoms with van der Waals surface area (Å²) in [6, 6.07) is 3.40. The molecule has 1 rings (SSSR count). The Morgan fingerprint density at radius 1 is 1.67 bits per heavy atom. The molecule has 0 unspecified atom stereocenters. The number of nitrogens with zero attached hydrogens (tertiary/aromatic N) is 1. The van der Waals surface area contributed by atoms with E-state index in [-0.39, 0.29) is 5.69 Å². The van der Waals surface area contributed by atoms with Gasteiger partial charge in [0.25, 0.3) is 0 Å². The first-order valence-corrected chi connectivity index (χ1v) is 5.54. The van der Waals surface area contributed by atoms with Gasteiger partial charge >= 0.3 is 5.97 Å². The summed E-state index contributed by atoms with van der Waals surface area (Å²) in [4.78, 5) is 15.3. The number of carboxylic acids is 1. The zero-order valence-electron chi connectivity index (χ0n) is 8.56. The molecule has 0 spiro atoms. The Morgan fingerprint density at radius 2 is 2.40 bits per heavy atom. The van der Waals surface area contributed by atoms with Gasteiger partial charge in [0.05, 0.1) is 0 Å². The SMILES string of the molecule is C=C(C)CCSc1ccnc(C(=O)O)c1. The Labute approximate surface area is 93.2 Å². The van der Waals surface area contributed by atoms with Crippen LogP contribution in [0.2, 0.25) is 0 Å². The monoisotopic (exact) mass is 223 g/mol. The average molecular weight is 223 g/mol. The largest absolute Gasteiger partial charge is 0.477 e. The van der Waals surface area contributed by atoms with Crippen molar-refractivity contribution < 1.29 is 9.90 Å². The molecule has 0 aliphatic rings. The van der Waals surface area contributed by atoms with Gasteiger partial charge in [-0.15, -0.1) is 18.3 Å². The molecule has 1 N–H and O–H groups in total. The Kier molecular flexibility index (Phi) is 4.37. The summed E-state index contributed by atoms with van der Waals surface area (Å²) in [7, 11) is 0. The number of carbonyl (C=O) groups is 1. The fraction of sp³-hybridized carbons (Fsp3) is 0.273. The van der Waals surface area contributed by atoms with Crippen molar-refractivity contribution >= 4 is 17.7 Å². The number of aromatic carboxylic acids is 1. The second-order valence-corrected chi connectivity index (χ2v) is 4.41. The molecule has 0 amide bonds. The number of allylic oxidation sites excluding steroid dienone is 1. The van der Waals surface area contributed by atoms with E-state index in [1.807, 2.05) is 13.0 Å². The van der Waals surface area contributed by atoms with Crippen molar-refractivity contribution in [3.63, 3.8) is 0 Å². The highest BCUT2D eigenvalue weighted by Gasteiger charge is 2.04. The van der Waals surface area contributed by atoms with E-state index in [4.69, 9.17) is 5.11 Å². The molecular weight excluding hydrogens is 210 g/mol. The van der Waals surface area contributed by atoms with Gasteiger partial charge in [-0.3, -0.25) is 0 Å². The van der Waals surface area contributed by atoms with Crippen LogP contribution in [0.3, 0.4) is 0 Å². The average Bonchev–Trinajstić information content (AvgIpc) is 2.17. The van der Waals surface area contributed by atoms with E-state index in [2.05, 4.69) is 11.6 Å². The van der Waals surface area contributed by atoms with E-state index in [1.165, 1.54) is 6.20 Å². The van der Waals surface area contributed by atoms with Crippen molar-refractivity contribution in [3.05, 3.63) is 36.2 Å². The van der Waals surface area contributed by atoms with Crippen molar-refractivity contribution in [1.29, 1.82) is 0 Å². The van der Waals surface area contributed by atoms with Crippen LogP contribution in [0.15, 0.2) is 35.4 Å². The summed E-state index contributed by atoms with van der Waals surface area (Å²) in [5.74, 6) is -0.0735. The first-order chi connectivity index (χ1) is 7.09. The second-order valence-electron chi connectivity index (χ2n) is 3.24. The van der Waals surface area contributed by atoms with Crippen LogP contribution < -0.4 is 0 Å². The van der Waals surface area contributed by atoms with Crippen LogP contribution in [0.4, 0.5) is 0 Å². The van der Waals surface area contributed by atoms with Gasteiger partial charge in [0.15, 0.2) is 0 Å². The van der Waals surface area contributed by atoms with Crippen LogP contribution >= 0.6 is 11.8 Å². The van der Waals surface area contributed by atoms with Gasteiger partial charge in [-0.1, -0.05) is 5.57 Å². The lowest BCUT2D eigenvalue weighted by Crippen LogP contribution is -1.99. The molecule has 4 heteroatoms. The molecule has 15 heavy (non-hydrogen) atoms. The van der Waals surface area contributed by atoms with Crippen molar-refractivity contribution in [2.45, 2.75) is 18.2 Å². The van der Waals surface area contributed by atoms with Crippen LogP contribution in [-0.4, -0.2) is 21.8 Å². The molecule has 0 atom stereocenters. The Balaban J connectivity index is 2.58. The number of hydrogen-bond donors (Lipinski definition) is 1. The highest BCUT2D eigenvalue weighted by atomic mass is 32.2. The lowest BCUT2D eigenvalue weighted by Gasteiger charge is -2.01. The smallest absolute Gasteiger partial charge is 0.354 e. The molecule has 1 heterocycles. The maximum absolute atomic E-state index is 10.6. The van der Waals surface area contributed by atoms with Crippen LogP contribution in [0.5, 0.6) is 0 Å². The summed E-state index contributed by atoms with van der Waals surface area (Å²) in [6.07, 6.45) is 2.46. The predicted octanol–water partition coefficient (Wildman–Crippen LogP) is 2.84. The molecule has 0 aliphatic heterocycles. The minimum atomic E-state index is -0.989. The third kappa shape index (κ3) is 4.16. The number of aromatic nitrogens is 1. The van der Waals surface area contributed by atoms with E-state index in [9.17, 15) is 4.79 Å². The van der Waals surface area contributed by atoms with Gasteiger partial charge in [0.1, 0.15) is 5.69 Å². The molecule has 0 fully saturated rings. The summed E-state index contributed by atoms with van der Waals surface area (Å²) in [6.45, 7) is 5.79. The lowest BCUT2D eigenvalue weighted by atomic mass is 10.3. The Bertz CT molecular complexity index is 377. The van der Waals surface area contributed by atoms with Gasteiger partial charge in [0, 0.05) is 16.8 Å². The molecule has 1 aromatic heterocycles. The zero-order chi connectivity index (χ0) is 11.3. The molecule has 1 aromatic rings. The Hall–Kier alpha value is -1.29. The van der Waals surface area contributed by atoms with E-state index in [1.54, 1.807) is 17.8 Å². The van der Waals surface area contributed by atoms with Crippen LogP contribution in [-0.2, 0) is 0 Å². The fourth-order valence-corrected chi connectivity index (χ4v) is 2.00. The maximum Gasteiger partial charge on any atom is 0.354 e. The molecule has 0 saturated carbocycles. The van der Waals surface area contributed by atoms with Crippen molar-refractivity contribution in [2.24, 2.45) is 0 Å². The van der Waals surface area contributed by atoms with E-state index in [0.29, 0.717) is 0 Å². The molecule has 0 bridgehead atoms. The highest BCUT2D eigenvalue weighted by molar-refractivity contribution is 7.99. The standard InChI is InChI=1S/C11H13NO2S/c1-8(2)4-6-15-9-3-5-12-10(7-9)11(13)14/h3,5,7H,1,4,6H2,2H3,(H,13,14). The molecule has 80 valence electrons. The predicted molar refractivity (Wildman–Crippen MR) is 61.4 cm³/mol. The van der Waals surface area contributed by atoms with Gasteiger partial charge in [-0.2, -0.15) is 0 Å². The van der Waals surface area contributed by atoms with Crippen LogP contribution in [0.1, 0.15) is 23.8 Å². The summed E-state index contributed by atoms with van der Waals surface area (Å²) in [5.41, 5.74) is 1.23. The zero-order valence-corrected chi connectivity index (χ0v) is 9.38. The first-order valence-electron chi connectivity index (χ1n) is 4.56. The number of carboxylic acid groups (broad SMARTS) is 1. The third-order valence-corrected chi connectivity index (χ3v) is 2.74. The summed E-state index contributed by atoms with van der Waals surface area (Å²) < 4.78 is 0. The minimum Gasteiger partial charge on any atom is -0.477 e. The van der Waals surface area contributed by atoms with E-state index >= 15 is 0 Å². The minimum absolute atomic E-state index is 0.0929. The normalized spacial score (nSPS) is 9.93. The van der Waals surface area contributed by atoms with Crippen molar-refractivity contribution in [1.82, 2.24) is 4.98 Å².